The Balaban J connectivity index is 0.00000181. The molecule has 1 aliphatic rings. The SMILES string of the molecule is CCc1c(-c2ccc3c(c2)cc(CN2CCNCC2)n3C)[nH]c(=O)c(C(=O)O)c1O.Cl.Cl. The summed E-state index contributed by atoms with van der Waals surface area (Å²) in [6, 6.07) is 8.00. The van der Waals surface area contributed by atoms with E-state index in [1.165, 1.54) is 5.69 Å². The van der Waals surface area contributed by atoms with Crippen LogP contribution in [0.3, 0.4) is 0 Å². The Morgan fingerprint density at radius 1 is 1.16 bits per heavy atom. The third-order valence-electron chi connectivity index (χ3n) is 5.88. The van der Waals surface area contributed by atoms with Crippen LogP contribution in [0.15, 0.2) is 29.1 Å². The number of carboxylic acid groups (broad SMARTS) is 1. The van der Waals surface area contributed by atoms with Gasteiger partial charge in [0.15, 0.2) is 5.56 Å². The quantitative estimate of drug-likeness (QED) is 0.444. The van der Waals surface area contributed by atoms with Crippen molar-refractivity contribution in [3.63, 3.8) is 0 Å². The van der Waals surface area contributed by atoms with Crippen LogP contribution in [-0.4, -0.2) is 56.8 Å². The first-order valence-corrected chi connectivity index (χ1v) is 10.1. The number of hydrogen-bond donors (Lipinski definition) is 4. The van der Waals surface area contributed by atoms with Crippen molar-refractivity contribution < 1.29 is 15.0 Å². The summed E-state index contributed by atoms with van der Waals surface area (Å²) < 4.78 is 2.18. The molecule has 10 heteroatoms. The Morgan fingerprint density at radius 3 is 2.47 bits per heavy atom. The number of aryl methyl sites for hydroxylation is 1. The molecule has 0 amide bonds. The third kappa shape index (κ3) is 4.63. The maximum atomic E-state index is 12.3. The van der Waals surface area contributed by atoms with E-state index in [1.54, 1.807) is 0 Å². The molecule has 3 aromatic rings. The number of aromatic carboxylic acids is 1. The number of carboxylic acids is 1. The Kier molecular flexibility index (Phi) is 8.36. The van der Waals surface area contributed by atoms with Crippen LogP contribution in [0.4, 0.5) is 0 Å². The summed E-state index contributed by atoms with van der Waals surface area (Å²) in [7, 11) is 2.05. The average Bonchev–Trinajstić information content (AvgIpc) is 3.03. The van der Waals surface area contributed by atoms with E-state index in [4.69, 9.17) is 0 Å². The lowest BCUT2D eigenvalue weighted by Gasteiger charge is -2.27. The van der Waals surface area contributed by atoms with Gasteiger partial charge in [-0.3, -0.25) is 9.69 Å². The average molecular weight is 483 g/mol. The van der Waals surface area contributed by atoms with E-state index in [2.05, 4.69) is 25.8 Å². The number of rotatable bonds is 5. The molecule has 1 aromatic carbocycles. The lowest BCUT2D eigenvalue weighted by atomic mass is 9.99. The van der Waals surface area contributed by atoms with Crippen molar-refractivity contribution in [1.29, 1.82) is 0 Å². The zero-order valence-electron chi connectivity index (χ0n) is 18.0. The van der Waals surface area contributed by atoms with E-state index in [0.717, 1.165) is 49.2 Å². The van der Waals surface area contributed by atoms with Gasteiger partial charge in [0, 0.05) is 61.9 Å². The second kappa shape index (κ2) is 10.4. The molecule has 4 N–H and O–H groups in total. The van der Waals surface area contributed by atoms with Gasteiger partial charge in [-0.2, -0.15) is 0 Å². The molecular formula is C22H28Cl2N4O4. The fourth-order valence-corrected chi connectivity index (χ4v) is 4.23. The van der Waals surface area contributed by atoms with Crippen molar-refractivity contribution >= 4 is 41.7 Å². The molecule has 32 heavy (non-hydrogen) atoms. The molecule has 1 saturated heterocycles. The number of pyridine rings is 1. The van der Waals surface area contributed by atoms with Gasteiger partial charge >= 0.3 is 5.97 Å². The highest BCUT2D eigenvalue weighted by molar-refractivity contribution is 5.92. The summed E-state index contributed by atoms with van der Waals surface area (Å²) in [6.07, 6.45) is 0.388. The summed E-state index contributed by atoms with van der Waals surface area (Å²) in [5, 5.41) is 24.1. The molecule has 8 nitrogen and oxygen atoms in total. The molecule has 1 fully saturated rings. The van der Waals surface area contributed by atoms with Crippen LogP contribution >= 0.6 is 24.8 Å². The fraction of sp³-hybridized carbons (Fsp3) is 0.364. The van der Waals surface area contributed by atoms with Gasteiger partial charge in [0.2, 0.25) is 0 Å². The topological polar surface area (TPSA) is 111 Å². The number of hydrogen-bond acceptors (Lipinski definition) is 5. The molecule has 0 atom stereocenters. The molecule has 0 saturated carbocycles. The molecule has 0 bridgehead atoms. The molecule has 0 radical (unpaired) electrons. The van der Waals surface area contributed by atoms with Gasteiger partial charge in [-0.25, -0.2) is 4.79 Å². The Bertz CT molecular complexity index is 1180. The number of aromatic nitrogens is 2. The molecular weight excluding hydrogens is 455 g/mol. The van der Waals surface area contributed by atoms with Gasteiger partial charge in [0.25, 0.3) is 5.56 Å². The summed E-state index contributed by atoms with van der Waals surface area (Å²) in [4.78, 5) is 28.7. The van der Waals surface area contributed by atoms with Gasteiger partial charge < -0.3 is 25.1 Å². The number of benzene rings is 1. The van der Waals surface area contributed by atoms with Crippen LogP contribution in [0.2, 0.25) is 0 Å². The number of carbonyl (C=O) groups is 1. The molecule has 3 heterocycles. The number of nitrogens with zero attached hydrogens (tertiary/aromatic N) is 2. The highest BCUT2D eigenvalue weighted by Crippen LogP contribution is 2.32. The van der Waals surface area contributed by atoms with Crippen LogP contribution < -0.4 is 10.9 Å². The summed E-state index contributed by atoms with van der Waals surface area (Å²) >= 11 is 0. The van der Waals surface area contributed by atoms with E-state index in [1.807, 2.05) is 32.2 Å². The van der Waals surface area contributed by atoms with Gasteiger partial charge in [-0.15, -0.1) is 24.8 Å². The Labute approximate surface area is 198 Å². The number of halogens is 2. The normalized spacial score (nSPS) is 14.1. The van der Waals surface area contributed by atoms with Crippen LogP contribution in [-0.2, 0) is 20.0 Å². The molecule has 4 rings (SSSR count). The predicted octanol–water partition coefficient (Wildman–Crippen LogP) is 2.75. The van der Waals surface area contributed by atoms with Gasteiger partial charge in [-0.05, 0) is 30.2 Å². The molecule has 0 aliphatic carbocycles. The van der Waals surface area contributed by atoms with Crippen molar-refractivity contribution in [3.8, 4) is 17.0 Å². The molecule has 2 aromatic heterocycles. The monoisotopic (exact) mass is 482 g/mol. The number of piperazine rings is 1. The number of aromatic hydroxyl groups is 1. The van der Waals surface area contributed by atoms with Crippen LogP contribution in [0.1, 0.15) is 28.5 Å². The Morgan fingerprint density at radius 2 is 1.84 bits per heavy atom. The van der Waals surface area contributed by atoms with Crippen molar-refractivity contribution in [1.82, 2.24) is 19.8 Å². The van der Waals surface area contributed by atoms with E-state index in [0.29, 0.717) is 17.7 Å². The zero-order valence-corrected chi connectivity index (χ0v) is 19.6. The number of aromatic amines is 1. The fourth-order valence-electron chi connectivity index (χ4n) is 4.23. The highest BCUT2D eigenvalue weighted by Gasteiger charge is 2.22. The Hall–Kier alpha value is -2.52. The zero-order chi connectivity index (χ0) is 21.4. The highest BCUT2D eigenvalue weighted by atomic mass is 35.5. The summed E-state index contributed by atoms with van der Waals surface area (Å²) in [5.41, 5.74) is 2.48. The molecule has 0 unspecified atom stereocenters. The summed E-state index contributed by atoms with van der Waals surface area (Å²) in [5.74, 6) is -1.90. The molecule has 174 valence electrons. The second-order valence-electron chi connectivity index (χ2n) is 7.68. The van der Waals surface area contributed by atoms with Crippen molar-refractivity contribution in [3.05, 3.63) is 51.4 Å². The van der Waals surface area contributed by atoms with Crippen molar-refractivity contribution in [2.45, 2.75) is 19.9 Å². The van der Waals surface area contributed by atoms with E-state index < -0.39 is 22.8 Å². The van der Waals surface area contributed by atoms with Crippen molar-refractivity contribution in [2.24, 2.45) is 7.05 Å². The lowest BCUT2D eigenvalue weighted by molar-refractivity contribution is 0.0691. The van der Waals surface area contributed by atoms with Crippen LogP contribution in [0, 0.1) is 0 Å². The first-order chi connectivity index (χ1) is 14.4. The van der Waals surface area contributed by atoms with Crippen molar-refractivity contribution in [2.75, 3.05) is 26.2 Å². The van der Waals surface area contributed by atoms with Crippen LogP contribution in [0.5, 0.6) is 5.75 Å². The number of fused-ring (bicyclic) bond motifs is 1. The van der Waals surface area contributed by atoms with Gasteiger partial charge in [-0.1, -0.05) is 13.0 Å². The minimum atomic E-state index is -1.44. The first-order valence-electron chi connectivity index (χ1n) is 10.1. The maximum absolute atomic E-state index is 12.3. The maximum Gasteiger partial charge on any atom is 0.345 e. The second-order valence-corrected chi connectivity index (χ2v) is 7.68. The van der Waals surface area contributed by atoms with E-state index in [-0.39, 0.29) is 24.8 Å². The van der Waals surface area contributed by atoms with E-state index in [9.17, 15) is 19.8 Å². The number of nitrogens with one attached hydrogen (secondary N) is 2. The van der Waals surface area contributed by atoms with Gasteiger partial charge in [0.1, 0.15) is 5.75 Å². The molecule has 0 spiro atoms. The first kappa shape index (κ1) is 25.7. The van der Waals surface area contributed by atoms with Gasteiger partial charge in [0.05, 0.1) is 5.69 Å². The smallest absolute Gasteiger partial charge is 0.345 e. The predicted molar refractivity (Wildman–Crippen MR) is 130 cm³/mol. The number of H-pyrrole nitrogens is 1. The van der Waals surface area contributed by atoms with E-state index >= 15 is 0 Å². The summed E-state index contributed by atoms with van der Waals surface area (Å²) in [6.45, 7) is 6.71. The van der Waals surface area contributed by atoms with Crippen LogP contribution in [0.25, 0.3) is 22.2 Å². The largest absolute Gasteiger partial charge is 0.506 e. The standard InChI is InChI=1S/C22H26N4O4.2ClH/c1-3-16-19(24-21(28)18(20(16)27)22(29)30)13-4-5-17-14(10-13)11-15(25(17)2)12-26-8-6-23-7-9-26;;/h4-5,10-11,23H,3,6-9,12H2,1-2H3,(H,29,30)(H2,24,27,28);2*1H. The lowest BCUT2D eigenvalue weighted by Crippen LogP contribution is -2.43. The minimum absolute atomic E-state index is 0. The third-order valence-corrected chi connectivity index (χ3v) is 5.88. The minimum Gasteiger partial charge on any atom is -0.506 e. The molecule has 1 aliphatic heterocycles.